The molecular formula is C29H50O. The van der Waals surface area contributed by atoms with Gasteiger partial charge < -0.3 is 5.11 Å². The smallest absolute Gasteiger partial charge is 0.0543 e. The van der Waals surface area contributed by atoms with Crippen LogP contribution in [0.4, 0.5) is 0 Å². The predicted octanol–water partition coefficient (Wildman–Crippen LogP) is 8.02. The van der Waals surface area contributed by atoms with Crippen LogP contribution in [0.15, 0.2) is 11.6 Å². The summed E-state index contributed by atoms with van der Waals surface area (Å²) >= 11 is 0. The van der Waals surface area contributed by atoms with E-state index in [1.807, 2.05) is 5.57 Å². The lowest BCUT2D eigenvalue weighted by molar-refractivity contribution is -0.0428. The Balaban J connectivity index is 1.48. The van der Waals surface area contributed by atoms with Gasteiger partial charge in [0.15, 0.2) is 0 Å². The highest BCUT2D eigenvalue weighted by Crippen LogP contribution is 2.67. The van der Waals surface area contributed by atoms with E-state index in [1.54, 1.807) is 0 Å². The van der Waals surface area contributed by atoms with E-state index in [0.717, 1.165) is 54.3 Å². The zero-order valence-corrected chi connectivity index (χ0v) is 20.9. The highest BCUT2D eigenvalue weighted by atomic mass is 16.3. The largest absolute Gasteiger partial charge is 0.393 e. The molecule has 0 aliphatic heterocycles. The normalized spacial score (nSPS) is 45.3. The molecule has 0 saturated heterocycles. The van der Waals surface area contributed by atoms with Crippen LogP contribution in [-0.4, -0.2) is 11.2 Å². The standard InChI is InChI=1S/C29H50O/c1-7-21(19(2)3)9-8-20(4)25-12-13-26-24-11-10-22-18-23(30)14-16-28(22,5)27(24)15-17-29(25,26)6/h11,19-23,25-27,30H,7-10,12-18H2,1-6H3/t20-,21-,22-,23-,25-,26+,27-,28+,29-/m1/s1. The van der Waals surface area contributed by atoms with Crippen molar-refractivity contribution in [1.82, 2.24) is 0 Å². The number of aliphatic hydroxyl groups excluding tert-OH is 1. The van der Waals surface area contributed by atoms with Crippen molar-refractivity contribution in [3.8, 4) is 0 Å². The lowest BCUT2D eigenvalue weighted by atomic mass is 9.47. The van der Waals surface area contributed by atoms with Crippen molar-refractivity contribution < 1.29 is 5.11 Å². The molecule has 4 rings (SSSR count). The Morgan fingerprint density at radius 1 is 0.967 bits per heavy atom. The molecule has 0 heterocycles. The predicted molar refractivity (Wildman–Crippen MR) is 128 cm³/mol. The maximum atomic E-state index is 10.3. The van der Waals surface area contributed by atoms with E-state index in [4.69, 9.17) is 0 Å². The van der Waals surface area contributed by atoms with Crippen molar-refractivity contribution in [1.29, 1.82) is 0 Å². The lowest BCUT2D eigenvalue weighted by Gasteiger charge is -2.57. The minimum Gasteiger partial charge on any atom is -0.393 e. The first kappa shape index (κ1) is 22.9. The Labute approximate surface area is 187 Å². The summed E-state index contributed by atoms with van der Waals surface area (Å²) in [5, 5.41) is 10.3. The summed E-state index contributed by atoms with van der Waals surface area (Å²) in [6, 6.07) is 0. The quantitative estimate of drug-likeness (QED) is 0.436. The molecule has 172 valence electrons. The molecule has 3 saturated carbocycles. The summed E-state index contributed by atoms with van der Waals surface area (Å²) in [5.74, 6) is 5.92. The first-order valence-corrected chi connectivity index (χ1v) is 13.6. The van der Waals surface area contributed by atoms with Gasteiger partial charge in [-0.1, -0.05) is 66.0 Å². The van der Waals surface area contributed by atoms with Crippen molar-refractivity contribution in [2.45, 2.75) is 118 Å². The number of allylic oxidation sites excluding steroid dienone is 2. The van der Waals surface area contributed by atoms with Crippen LogP contribution < -0.4 is 0 Å². The average molecular weight is 415 g/mol. The van der Waals surface area contributed by atoms with Crippen molar-refractivity contribution in [3.63, 3.8) is 0 Å². The van der Waals surface area contributed by atoms with Gasteiger partial charge in [-0.15, -0.1) is 0 Å². The molecule has 4 aliphatic rings. The third-order valence-corrected chi connectivity index (χ3v) is 11.3. The van der Waals surface area contributed by atoms with Crippen LogP contribution in [0.25, 0.3) is 0 Å². The molecule has 0 unspecified atom stereocenters. The number of aliphatic hydroxyl groups is 1. The van der Waals surface area contributed by atoms with Gasteiger partial charge in [0, 0.05) is 0 Å². The Morgan fingerprint density at radius 2 is 1.67 bits per heavy atom. The second-order valence-electron chi connectivity index (χ2n) is 12.9. The molecule has 1 nitrogen and oxygen atoms in total. The average Bonchev–Trinajstić information content (AvgIpc) is 3.06. The molecule has 1 N–H and O–H groups in total. The Morgan fingerprint density at radius 3 is 2.37 bits per heavy atom. The van der Waals surface area contributed by atoms with E-state index in [2.05, 4.69) is 47.6 Å². The summed E-state index contributed by atoms with van der Waals surface area (Å²) in [7, 11) is 0. The molecule has 3 fully saturated rings. The second kappa shape index (κ2) is 8.57. The summed E-state index contributed by atoms with van der Waals surface area (Å²) < 4.78 is 0. The fourth-order valence-electron chi connectivity index (χ4n) is 9.15. The first-order chi connectivity index (χ1) is 14.2. The zero-order chi connectivity index (χ0) is 21.7. The van der Waals surface area contributed by atoms with E-state index < -0.39 is 0 Å². The van der Waals surface area contributed by atoms with Crippen LogP contribution >= 0.6 is 0 Å². The minimum absolute atomic E-state index is 0.0404. The Bertz CT molecular complexity index is 634. The SMILES string of the molecule is CC[C@H](CC[C@@H](C)[C@H]1CC[C@H]2C3=CC[C@@H]4C[C@H](O)CC[C@]4(C)[C@@H]3CC[C@]12C)C(C)C. The van der Waals surface area contributed by atoms with Gasteiger partial charge in [-0.2, -0.15) is 0 Å². The van der Waals surface area contributed by atoms with Gasteiger partial charge in [0.2, 0.25) is 0 Å². The maximum Gasteiger partial charge on any atom is 0.0543 e. The van der Waals surface area contributed by atoms with Gasteiger partial charge in [0.1, 0.15) is 0 Å². The van der Waals surface area contributed by atoms with Crippen molar-refractivity contribution in [2.75, 3.05) is 0 Å². The summed E-state index contributed by atoms with van der Waals surface area (Å²) in [6.07, 6.45) is 17.2. The fraction of sp³-hybridized carbons (Fsp3) is 0.931. The number of hydrogen-bond acceptors (Lipinski definition) is 1. The Kier molecular flexibility index (Phi) is 6.53. The summed E-state index contributed by atoms with van der Waals surface area (Å²) in [5.41, 5.74) is 2.88. The fourth-order valence-corrected chi connectivity index (χ4v) is 9.15. The molecule has 0 radical (unpaired) electrons. The van der Waals surface area contributed by atoms with Gasteiger partial charge in [0.05, 0.1) is 6.10 Å². The van der Waals surface area contributed by atoms with Gasteiger partial charge in [-0.25, -0.2) is 0 Å². The highest BCUT2D eigenvalue weighted by Gasteiger charge is 2.58. The summed E-state index contributed by atoms with van der Waals surface area (Å²) in [6.45, 7) is 15.1. The van der Waals surface area contributed by atoms with E-state index in [-0.39, 0.29) is 6.10 Å². The third kappa shape index (κ3) is 3.74. The Hall–Kier alpha value is -0.300. The van der Waals surface area contributed by atoms with Crippen molar-refractivity contribution >= 4 is 0 Å². The van der Waals surface area contributed by atoms with E-state index in [9.17, 15) is 5.11 Å². The van der Waals surface area contributed by atoms with Crippen LogP contribution in [-0.2, 0) is 0 Å². The maximum absolute atomic E-state index is 10.3. The van der Waals surface area contributed by atoms with Crippen LogP contribution in [0.1, 0.15) is 112 Å². The van der Waals surface area contributed by atoms with Gasteiger partial charge in [-0.05, 0) is 110 Å². The van der Waals surface area contributed by atoms with Gasteiger partial charge >= 0.3 is 0 Å². The molecule has 9 atom stereocenters. The molecular weight excluding hydrogens is 364 g/mol. The first-order valence-electron chi connectivity index (χ1n) is 13.6. The molecule has 0 spiro atoms. The molecule has 4 aliphatic carbocycles. The highest BCUT2D eigenvalue weighted by molar-refractivity contribution is 5.27. The third-order valence-electron chi connectivity index (χ3n) is 11.3. The van der Waals surface area contributed by atoms with Crippen LogP contribution in [0.3, 0.4) is 0 Å². The van der Waals surface area contributed by atoms with E-state index in [0.29, 0.717) is 10.8 Å². The van der Waals surface area contributed by atoms with Crippen molar-refractivity contribution in [3.05, 3.63) is 11.6 Å². The van der Waals surface area contributed by atoms with Crippen LogP contribution in [0.2, 0.25) is 0 Å². The number of fused-ring (bicyclic) bond motifs is 5. The lowest BCUT2D eigenvalue weighted by Crippen LogP contribution is -2.49. The molecule has 0 aromatic carbocycles. The van der Waals surface area contributed by atoms with Crippen molar-refractivity contribution in [2.24, 2.45) is 52.3 Å². The van der Waals surface area contributed by atoms with Crippen LogP contribution in [0, 0.1) is 52.3 Å². The van der Waals surface area contributed by atoms with Gasteiger partial charge in [0.25, 0.3) is 0 Å². The molecule has 0 aromatic rings. The second-order valence-corrected chi connectivity index (χ2v) is 12.9. The zero-order valence-electron chi connectivity index (χ0n) is 20.9. The summed E-state index contributed by atoms with van der Waals surface area (Å²) in [4.78, 5) is 0. The minimum atomic E-state index is -0.0404. The molecule has 0 amide bonds. The number of hydrogen-bond donors (Lipinski definition) is 1. The van der Waals surface area contributed by atoms with E-state index >= 15 is 0 Å². The number of rotatable bonds is 6. The molecule has 0 aromatic heterocycles. The van der Waals surface area contributed by atoms with E-state index in [1.165, 1.54) is 57.8 Å². The van der Waals surface area contributed by atoms with Gasteiger partial charge in [-0.3, -0.25) is 0 Å². The molecule has 30 heavy (non-hydrogen) atoms. The molecule has 0 bridgehead atoms. The monoisotopic (exact) mass is 414 g/mol. The topological polar surface area (TPSA) is 20.2 Å². The van der Waals surface area contributed by atoms with Crippen LogP contribution in [0.5, 0.6) is 0 Å². The molecule has 1 heteroatoms.